The molecule has 2 aromatic rings. The summed E-state index contributed by atoms with van der Waals surface area (Å²) in [6.45, 7) is 2.22. The molecule has 0 amide bonds. The Labute approximate surface area is 131 Å². The molecular formula is C16H24N2O3S. The Morgan fingerprint density at radius 1 is 1.09 bits per heavy atom. The number of aryl methyl sites for hydroxylation is 1. The first kappa shape index (κ1) is 17.0. The largest absolute Gasteiger partial charge is 0.342 e. The van der Waals surface area contributed by atoms with Gasteiger partial charge in [0.05, 0.1) is 15.9 Å². The second-order valence-corrected chi connectivity index (χ2v) is 7.13. The maximum Gasteiger partial charge on any atom is 0.294 e. The summed E-state index contributed by atoms with van der Waals surface area (Å²) in [7, 11) is -4.16. The van der Waals surface area contributed by atoms with E-state index < -0.39 is 10.1 Å². The first-order valence-corrected chi connectivity index (χ1v) is 9.41. The van der Waals surface area contributed by atoms with Crippen molar-refractivity contribution in [2.75, 3.05) is 0 Å². The van der Waals surface area contributed by atoms with E-state index in [9.17, 15) is 8.42 Å². The van der Waals surface area contributed by atoms with Gasteiger partial charge >= 0.3 is 0 Å². The zero-order chi connectivity index (χ0) is 16.0. The Kier molecular flexibility index (Phi) is 5.97. The number of hydrogen-bond acceptors (Lipinski definition) is 3. The number of unbranched alkanes of at least 4 members (excludes halogenated alkanes) is 6. The van der Waals surface area contributed by atoms with Gasteiger partial charge in [-0.1, -0.05) is 45.4 Å². The van der Waals surface area contributed by atoms with Crippen molar-refractivity contribution in [2.24, 2.45) is 0 Å². The zero-order valence-corrected chi connectivity index (χ0v) is 13.8. The molecule has 1 heterocycles. The minimum atomic E-state index is -4.16. The summed E-state index contributed by atoms with van der Waals surface area (Å²) < 4.78 is 31.3. The molecule has 0 spiro atoms. The van der Waals surface area contributed by atoms with Gasteiger partial charge in [0.1, 0.15) is 5.82 Å². The Morgan fingerprint density at radius 2 is 1.77 bits per heavy atom. The smallest absolute Gasteiger partial charge is 0.294 e. The number of fused-ring (bicyclic) bond motifs is 1. The molecule has 1 aromatic heterocycles. The molecule has 0 saturated carbocycles. The van der Waals surface area contributed by atoms with Crippen molar-refractivity contribution in [3.05, 3.63) is 24.0 Å². The molecule has 0 aliphatic rings. The predicted molar refractivity (Wildman–Crippen MR) is 87.6 cm³/mol. The van der Waals surface area contributed by atoms with Crippen LogP contribution >= 0.6 is 0 Å². The van der Waals surface area contributed by atoms with Crippen molar-refractivity contribution in [3.63, 3.8) is 0 Å². The van der Waals surface area contributed by atoms with E-state index >= 15 is 0 Å². The highest BCUT2D eigenvalue weighted by atomic mass is 32.2. The van der Waals surface area contributed by atoms with Gasteiger partial charge in [-0.15, -0.1) is 0 Å². The van der Waals surface area contributed by atoms with E-state index in [0.29, 0.717) is 5.52 Å². The van der Waals surface area contributed by atoms with Gasteiger partial charge in [0.15, 0.2) is 0 Å². The van der Waals surface area contributed by atoms with E-state index in [2.05, 4.69) is 16.9 Å². The van der Waals surface area contributed by atoms with Crippen LogP contribution in [0.5, 0.6) is 0 Å². The molecule has 0 aliphatic carbocycles. The van der Waals surface area contributed by atoms with Crippen molar-refractivity contribution in [2.45, 2.75) is 63.2 Å². The Morgan fingerprint density at radius 3 is 2.45 bits per heavy atom. The summed E-state index contributed by atoms with van der Waals surface area (Å²) in [6.07, 6.45) is 9.60. The van der Waals surface area contributed by atoms with Gasteiger partial charge in [-0.25, -0.2) is 4.98 Å². The molecule has 0 saturated heterocycles. The molecule has 2 rings (SSSR count). The van der Waals surface area contributed by atoms with Crippen LogP contribution in [0.1, 0.15) is 57.7 Å². The monoisotopic (exact) mass is 324 g/mol. The van der Waals surface area contributed by atoms with Crippen LogP contribution < -0.4 is 0 Å². The fraction of sp³-hybridized carbons (Fsp3) is 0.562. The summed E-state index contributed by atoms with van der Waals surface area (Å²) in [5, 5.41) is 0. The fourth-order valence-electron chi connectivity index (χ4n) is 2.57. The average Bonchev–Trinajstić information content (AvgIpc) is 2.87. The summed E-state index contributed by atoms with van der Waals surface area (Å²) >= 11 is 0. The third-order valence-corrected chi connectivity index (χ3v) is 4.67. The lowest BCUT2D eigenvalue weighted by molar-refractivity contribution is 0.483. The molecule has 122 valence electrons. The number of benzene rings is 1. The summed E-state index contributed by atoms with van der Waals surface area (Å²) in [4.78, 5) is 7.48. The number of rotatable bonds is 9. The average molecular weight is 324 g/mol. The van der Waals surface area contributed by atoms with Gasteiger partial charge < -0.3 is 4.98 Å². The molecular weight excluding hydrogens is 300 g/mol. The van der Waals surface area contributed by atoms with Crippen molar-refractivity contribution in [1.82, 2.24) is 9.97 Å². The third-order valence-electron chi connectivity index (χ3n) is 3.82. The topological polar surface area (TPSA) is 83.1 Å². The number of aromatic amines is 1. The van der Waals surface area contributed by atoms with E-state index in [-0.39, 0.29) is 4.90 Å². The number of H-pyrrole nitrogens is 1. The quantitative estimate of drug-likeness (QED) is 0.537. The lowest BCUT2D eigenvalue weighted by atomic mass is 10.1. The molecule has 6 heteroatoms. The highest BCUT2D eigenvalue weighted by Crippen LogP contribution is 2.18. The molecule has 5 nitrogen and oxygen atoms in total. The number of hydrogen-bond donors (Lipinski definition) is 2. The van der Waals surface area contributed by atoms with Crippen molar-refractivity contribution in [1.29, 1.82) is 0 Å². The number of aromatic nitrogens is 2. The molecule has 2 N–H and O–H groups in total. The van der Waals surface area contributed by atoms with Crippen LogP contribution in [-0.4, -0.2) is 22.9 Å². The van der Waals surface area contributed by atoms with E-state index in [4.69, 9.17) is 4.55 Å². The normalized spacial score (nSPS) is 12.1. The highest BCUT2D eigenvalue weighted by molar-refractivity contribution is 7.85. The van der Waals surface area contributed by atoms with Crippen LogP contribution in [0, 0.1) is 0 Å². The molecule has 22 heavy (non-hydrogen) atoms. The van der Waals surface area contributed by atoms with E-state index in [0.717, 1.165) is 24.2 Å². The summed E-state index contributed by atoms with van der Waals surface area (Å²) in [5.41, 5.74) is 1.37. The lowest BCUT2D eigenvalue weighted by Gasteiger charge is -1.99. The van der Waals surface area contributed by atoms with Gasteiger partial charge in [0.2, 0.25) is 0 Å². The van der Waals surface area contributed by atoms with Crippen LogP contribution in [0.3, 0.4) is 0 Å². The number of imidazole rings is 1. The molecule has 0 bridgehead atoms. The summed E-state index contributed by atoms with van der Waals surface area (Å²) in [6, 6.07) is 4.41. The van der Waals surface area contributed by atoms with Crippen molar-refractivity contribution in [3.8, 4) is 0 Å². The van der Waals surface area contributed by atoms with Crippen molar-refractivity contribution >= 4 is 21.2 Å². The van der Waals surface area contributed by atoms with Gasteiger partial charge in [0.25, 0.3) is 10.1 Å². The van der Waals surface area contributed by atoms with E-state index in [1.165, 1.54) is 50.7 Å². The number of nitrogens with one attached hydrogen (secondary N) is 1. The van der Waals surface area contributed by atoms with Gasteiger partial charge in [-0.3, -0.25) is 4.55 Å². The van der Waals surface area contributed by atoms with Crippen LogP contribution in [-0.2, 0) is 16.5 Å². The van der Waals surface area contributed by atoms with Crippen LogP contribution in [0.4, 0.5) is 0 Å². The number of nitrogens with zero attached hydrogens (tertiary/aromatic N) is 1. The Balaban J connectivity index is 1.88. The highest BCUT2D eigenvalue weighted by Gasteiger charge is 2.11. The van der Waals surface area contributed by atoms with Gasteiger partial charge in [-0.05, 0) is 24.6 Å². The maximum absolute atomic E-state index is 11.1. The minimum Gasteiger partial charge on any atom is -0.342 e. The third kappa shape index (κ3) is 4.81. The van der Waals surface area contributed by atoms with Crippen molar-refractivity contribution < 1.29 is 13.0 Å². The molecule has 0 fully saturated rings. The maximum atomic E-state index is 11.1. The molecule has 0 unspecified atom stereocenters. The predicted octanol–water partition coefficient (Wildman–Crippen LogP) is 4.10. The summed E-state index contributed by atoms with van der Waals surface area (Å²) in [5.74, 6) is 0.871. The second-order valence-electron chi connectivity index (χ2n) is 5.71. The first-order valence-electron chi connectivity index (χ1n) is 7.97. The van der Waals surface area contributed by atoms with Gasteiger partial charge in [-0.2, -0.15) is 8.42 Å². The Bertz CT molecular complexity index is 707. The SMILES string of the molecule is CCCCCCCCCc1nc2ccc(S(=O)(=O)O)cc2[nH]1. The van der Waals surface area contributed by atoms with E-state index in [1.54, 1.807) is 6.07 Å². The zero-order valence-electron chi connectivity index (χ0n) is 13.0. The molecule has 1 aromatic carbocycles. The van der Waals surface area contributed by atoms with Crippen LogP contribution in [0.25, 0.3) is 11.0 Å². The molecule has 0 aliphatic heterocycles. The fourth-order valence-corrected chi connectivity index (χ4v) is 3.08. The first-order chi connectivity index (χ1) is 10.5. The Hall–Kier alpha value is -1.40. The van der Waals surface area contributed by atoms with Crippen LogP contribution in [0.2, 0.25) is 0 Å². The minimum absolute atomic E-state index is 0.105. The lowest BCUT2D eigenvalue weighted by Crippen LogP contribution is -1.97. The molecule has 0 atom stereocenters. The van der Waals surface area contributed by atoms with E-state index in [1.807, 2.05) is 0 Å². The standard InChI is InChI=1S/C16H24N2O3S/c1-2-3-4-5-6-7-8-9-16-17-14-11-10-13(22(19,20)21)12-15(14)18-16/h10-12H,2-9H2,1H3,(H,17,18)(H,19,20,21). The van der Waals surface area contributed by atoms with Gasteiger partial charge in [0, 0.05) is 6.42 Å². The molecule has 0 radical (unpaired) electrons. The van der Waals surface area contributed by atoms with Crippen LogP contribution in [0.15, 0.2) is 23.1 Å². The second kappa shape index (κ2) is 7.74.